The third kappa shape index (κ3) is 1.79. The Hall–Kier alpha value is -0.340. The van der Waals surface area contributed by atoms with Gasteiger partial charge in [0.25, 0.3) is 0 Å². The molecule has 0 spiro atoms. The molecule has 2 heteroatoms. The van der Waals surface area contributed by atoms with Crippen molar-refractivity contribution in [2.24, 2.45) is 5.92 Å². The summed E-state index contributed by atoms with van der Waals surface area (Å²) in [5, 5.41) is 13.5. The molecule has 4 atom stereocenters. The minimum absolute atomic E-state index is 0.229. The summed E-state index contributed by atoms with van der Waals surface area (Å²) in [5.74, 6) is 0.466. The molecule has 0 aromatic rings. The number of hydrogen-bond donors (Lipinski definition) is 2. The first kappa shape index (κ1) is 9.22. The van der Waals surface area contributed by atoms with Crippen LogP contribution >= 0.6 is 0 Å². The van der Waals surface area contributed by atoms with E-state index in [1.54, 1.807) is 0 Å². The van der Waals surface area contributed by atoms with Gasteiger partial charge in [-0.1, -0.05) is 11.6 Å². The summed E-state index contributed by atoms with van der Waals surface area (Å²) in [7, 11) is 0. The van der Waals surface area contributed by atoms with Crippen LogP contribution in [0, 0.1) is 5.92 Å². The lowest BCUT2D eigenvalue weighted by Crippen LogP contribution is -2.30. The highest BCUT2D eigenvalue weighted by Crippen LogP contribution is 2.35. The van der Waals surface area contributed by atoms with Crippen molar-refractivity contribution in [2.75, 3.05) is 0 Å². The fourth-order valence-corrected chi connectivity index (χ4v) is 2.71. The summed E-state index contributed by atoms with van der Waals surface area (Å²) in [6.45, 7) is 4.09. The van der Waals surface area contributed by atoms with Gasteiger partial charge in [-0.15, -0.1) is 0 Å². The average Bonchev–Trinajstić information content (AvgIpc) is 2.62. The van der Waals surface area contributed by atoms with Gasteiger partial charge >= 0.3 is 0 Å². The molecule has 2 aliphatic heterocycles. The number of aliphatic hydroxyl groups is 1. The third-order valence-corrected chi connectivity index (χ3v) is 3.29. The summed E-state index contributed by atoms with van der Waals surface area (Å²) < 4.78 is 0. The number of rotatable bonds is 2. The molecule has 2 saturated heterocycles. The lowest BCUT2D eigenvalue weighted by molar-refractivity contribution is 0.134. The second-order valence-corrected chi connectivity index (χ2v) is 4.68. The Labute approximate surface area is 80.0 Å². The van der Waals surface area contributed by atoms with Gasteiger partial charge in [0, 0.05) is 18.0 Å². The van der Waals surface area contributed by atoms with Gasteiger partial charge in [-0.05, 0) is 33.1 Å². The molecule has 0 aromatic heterocycles. The Morgan fingerprint density at radius 1 is 1.46 bits per heavy atom. The Kier molecular flexibility index (Phi) is 2.43. The molecular formula is C11H19NO. The van der Waals surface area contributed by atoms with Gasteiger partial charge in [-0.25, -0.2) is 0 Å². The predicted molar refractivity (Wildman–Crippen MR) is 53.5 cm³/mol. The summed E-state index contributed by atoms with van der Waals surface area (Å²) in [6.07, 6.45) is 5.49. The summed E-state index contributed by atoms with van der Waals surface area (Å²) in [6, 6.07) is 1.27. The van der Waals surface area contributed by atoms with Crippen LogP contribution in [0.15, 0.2) is 11.6 Å². The SMILES string of the molecule is CC(C)=CC(O)C1CC2CCC1N2. The summed E-state index contributed by atoms with van der Waals surface area (Å²) >= 11 is 0. The second-order valence-electron chi connectivity index (χ2n) is 4.68. The van der Waals surface area contributed by atoms with E-state index >= 15 is 0 Å². The van der Waals surface area contributed by atoms with Crippen LogP contribution in [0.4, 0.5) is 0 Å². The maximum atomic E-state index is 9.93. The topological polar surface area (TPSA) is 32.3 Å². The molecule has 2 nitrogen and oxygen atoms in total. The molecule has 2 bridgehead atoms. The zero-order valence-electron chi connectivity index (χ0n) is 8.46. The van der Waals surface area contributed by atoms with Crippen LogP contribution in [-0.4, -0.2) is 23.3 Å². The maximum absolute atomic E-state index is 9.93. The minimum atomic E-state index is -0.229. The normalized spacial score (nSPS) is 39.2. The molecule has 74 valence electrons. The number of hydrogen-bond acceptors (Lipinski definition) is 2. The maximum Gasteiger partial charge on any atom is 0.0766 e. The molecule has 2 fully saturated rings. The van der Waals surface area contributed by atoms with Crippen LogP contribution in [0.3, 0.4) is 0 Å². The van der Waals surface area contributed by atoms with Crippen molar-refractivity contribution in [3.8, 4) is 0 Å². The fourth-order valence-electron chi connectivity index (χ4n) is 2.71. The van der Waals surface area contributed by atoms with Crippen LogP contribution in [0.1, 0.15) is 33.1 Å². The van der Waals surface area contributed by atoms with Crippen LogP contribution in [0.2, 0.25) is 0 Å². The summed E-state index contributed by atoms with van der Waals surface area (Å²) in [5.41, 5.74) is 1.22. The van der Waals surface area contributed by atoms with E-state index in [4.69, 9.17) is 0 Å². The van der Waals surface area contributed by atoms with Crippen LogP contribution in [0.5, 0.6) is 0 Å². The number of allylic oxidation sites excluding steroid dienone is 1. The van der Waals surface area contributed by atoms with Crippen molar-refractivity contribution in [3.05, 3.63) is 11.6 Å². The predicted octanol–water partition coefficient (Wildman–Crippen LogP) is 1.45. The Balaban J connectivity index is 1.98. The second kappa shape index (κ2) is 3.43. The first-order valence-corrected chi connectivity index (χ1v) is 5.26. The molecular weight excluding hydrogens is 162 g/mol. The Morgan fingerprint density at radius 3 is 2.69 bits per heavy atom. The molecule has 0 saturated carbocycles. The lowest BCUT2D eigenvalue weighted by atomic mass is 9.84. The van der Waals surface area contributed by atoms with Gasteiger partial charge in [0.15, 0.2) is 0 Å². The van der Waals surface area contributed by atoms with Gasteiger partial charge in [0.05, 0.1) is 6.10 Å². The van der Waals surface area contributed by atoms with E-state index in [2.05, 4.69) is 5.32 Å². The zero-order valence-corrected chi connectivity index (χ0v) is 8.46. The smallest absolute Gasteiger partial charge is 0.0766 e. The average molecular weight is 181 g/mol. The molecule has 0 amide bonds. The van der Waals surface area contributed by atoms with Crippen LogP contribution in [0.25, 0.3) is 0 Å². The Morgan fingerprint density at radius 2 is 2.23 bits per heavy atom. The fraction of sp³-hybridized carbons (Fsp3) is 0.818. The van der Waals surface area contributed by atoms with E-state index in [-0.39, 0.29) is 6.10 Å². The molecule has 4 unspecified atom stereocenters. The van der Waals surface area contributed by atoms with E-state index in [0.29, 0.717) is 18.0 Å². The van der Waals surface area contributed by atoms with E-state index in [1.165, 1.54) is 18.4 Å². The van der Waals surface area contributed by atoms with Gasteiger partial charge in [0.2, 0.25) is 0 Å². The van der Waals surface area contributed by atoms with Gasteiger partial charge in [-0.2, -0.15) is 0 Å². The molecule has 2 aliphatic rings. The highest BCUT2D eigenvalue weighted by molar-refractivity contribution is 5.07. The molecule has 13 heavy (non-hydrogen) atoms. The molecule has 0 radical (unpaired) electrons. The number of nitrogens with one attached hydrogen (secondary N) is 1. The minimum Gasteiger partial charge on any atom is -0.389 e. The quantitative estimate of drug-likeness (QED) is 0.632. The van der Waals surface area contributed by atoms with Crippen molar-refractivity contribution >= 4 is 0 Å². The van der Waals surface area contributed by atoms with Gasteiger partial charge < -0.3 is 10.4 Å². The molecule has 0 aliphatic carbocycles. The van der Waals surface area contributed by atoms with E-state index in [1.807, 2.05) is 19.9 Å². The first-order valence-electron chi connectivity index (χ1n) is 5.26. The summed E-state index contributed by atoms with van der Waals surface area (Å²) in [4.78, 5) is 0. The van der Waals surface area contributed by atoms with Crippen molar-refractivity contribution < 1.29 is 5.11 Å². The Bertz CT molecular complexity index is 220. The molecule has 2 heterocycles. The number of fused-ring (bicyclic) bond motifs is 2. The first-order chi connectivity index (χ1) is 6.16. The van der Waals surface area contributed by atoms with Crippen molar-refractivity contribution in [1.29, 1.82) is 0 Å². The third-order valence-electron chi connectivity index (χ3n) is 3.29. The largest absolute Gasteiger partial charge is 0.389 e. The van der Waals surface area contributed by atoms with Crippen molar-refractivity contribution in [3.63, 3.8) is 0 Å². The van der Waals surface area contributed by atoms with Crippen molar-refractivity contribution in [1.82, 2.24) is 5.32 Å². The highest BCUT2D eigenvalue weighted by Gasteiger charge is 2.41. The van der Waals surface area contributed by atoms with Gasteiger partial charge in [0.1, 0.15) is 0 Å². The highest BCUT2D eigenvalue weighted by atomic mass is 16.3. The van der Waals surface area contributed by atoms with E-state index in [9.17, 15) is 5.11 Å². The van der Waals surface area contributed by atoms with Crippen molar-refractivity contribution in [2.45, 2.75) is 51.3 Å². The molecule has 0 aromatic carbocycles. The monoisotopic (exact) mass is 181 g/mol. The standard InChI is InChI=1S/C11H19NO/c1-7(2)5-11(13)9-6-8-3-4-10(9)12-8/h5,8-13H,3-4,6H2,1-2H3. The van der Waals surface area contributed by atoms with Crippen LogP contribution in [-0.2, 0) is 0 Å². The molecule has 2 rings (SSSR count). The zero-order chi connectivity index (χ0) is 9.42. The number of aliphatic hydroxyl groups excluding tert-OH is 1. The lowest BCUT2D eigenvalue weighted by Gasteiger charge is -2.23. The van der Waals surface area contributed by atoms with E-state index in [0.717, 1.165) is 6.42 Å². The van der Waals surface area contributed by atoms with E-state index < -0.39 is 0 Å². The van der Waals surface area contributed by atoms with Gasteiger partial charge in [-0.3, -0.25) is 0 Å². The molecule has 2 N–H and O–H groups in total. The van der Waals surface area contributed by atoms with Crippen LogP contribution < -0.4 is 5.32 Å².